The third-order valence-electron chi connectivity index (χ3n) is 4.41. The summed E-state index contributed by atoms with van der Waals surface area (Å²) >= 11 is 0. The Morgan fingerprint density at radius 3 is 2.65 bits per heavy atom. The highest BCUT2D eigenvalue weighted by atomic mass is 16.4. The average molecular weight is 284 g/mol. The van der Waals surface area contributed by atoms with Crippen LogP contribution >= 0.6 is 0 Å². The Bertz CT molecular complexity index is 374. The van der Waals surface area contributed by atoms with E-state index < -0.39 is 18.1 Å². The third kappa shape index (κ3) is 3.62. The van der Waals surface area contributed by atoms with Gasteiger partial charge in [-0.15, -0.1) is 0 Å². The van der Waals surface area contributed by atoms with Gasteiger partial charge in [-0.2, -0.15) is 0 Å². The summed E-state index contributed by atoms with van der Waals surface area (Å²) in [6, 6.07) is -1.14. The Hall–Kier alpha value is -1.30. The first kappa shape index (κ1) is 15.1. The fourth-order valence-corrected chi connectivity index (χ4v) is 3.16. The molecule has 4 atom stereocenters. The van der Waals surface area contributed by atoms with Crippen LogP contribution in [0.2, 0.25) is 0 Å². The lowest BCUT2D eigenvalue weighted by Gasteiger charge is -2.25. The summed E-state index contributed by atoms with van der Waals surface area (Å²) in [5, 5.41) is 21.6. The van der Waals surface area contributed by atoms with E-state index in [9.17, 15) is 14.7 Å². The largest absolute Gasteiger partial charge is 0.480 e. The van der Waals surface area contributed by atoms with Crippen molar-refractivity contribution in [1.29, 1.82) is 0 Å². The Morgan fingerprint density at radius 1 is 1.20 bits per heavy atom. The molecule has 2 aliphatic rings. The van der Waals surface area contributed by atoms with E-state index in [1.807, 2.05) is 0 Å². The zero-order valence-electron chi connectivity index (χ0n) is 11.9. The van der Waals surface area contributed by atoms with Gasteiger partial charge in [0.1, 0.15) is 6.04 Å². The molecular formula is C14H24N2O4. The van der Waals surface area contributed by atoms with Crippen molar-refractivity contribution in [2.75, 3.05) is 6.54 Å². The number of likely N-dealkylation sites (tertiary alicyclic amines) is 1. The second kappa shape index (κ2) is 6.43. The van der Waals surface area contributed by atoms with Crippen LogP contribution in [0.3, 0.4) is 0 Å². The van der Waals surface area contributed by atoms with Gasteiger partial charge >= 0.3 is 12.0 Å². The highest BCUT2D eigenvalue weighted by molar-refractivity contribution is 5.83. The van der Waals surface area contributed by atoms with Gasteiger partial charge in [0, 0.05) is 19.0 Å². The maximum absolute atomic E-state index is 12.2. The van der Waals surface area contributed by atoms with E-state index in [2.05, 4.69) is 12.2 Å². The summed E-state index contributed by atoms with van der Waals surface area (Å²) in [4.78, 5) is 24.6. The van der Waals surface area contributed by atoms with Crippen LogP contribution in [0.15, 0.2) is 0 Å². The Balaban J connectivity index is 1.92. The number of aliphatic hydroxyl groups excluding tert-OH is 1. The molecule has 1 saturated carbocycles. The van der Waals surface area contributed by atoms with Crippen molar-refractivity contribution in [3.8, 4) is 0 Å². The number of nitrogens with one attached hydrogen (secondary N) is 1. The van der Waals surface area contributed by atoms with Crippen molar-refractivity contribution in [2.24, 2.45) is 5.92 Å². The molecule has 0 aromatic heterocycles. The number of hydrogen-bond acceptors (Lipinski definition) is 3. The molecule has 0 radical (unpaired) electrons. The molecule has 0 aromatic carbocycles. The molecule has 1 aliphatic carbocycles. The number of nitrogens with zero attached hydrogens (tertiary/aromatic N) is 1. The second-order valence-corrected chi connectivity index (χ2v) is 6.16. The van der Waals surface area contributed by atoms with E-state index in [0.29, 0.717) is 5.92 Å². The molecule has 1 aliphatic heterocycles. The molecule has 2 fully saturated rings. The third-order valence-corrected chi connectivity index (χ3v) is 4.41. The van der Waals surface area contributed by atoms with Crippen molar-refractivity contribution in [1.82, 2.24) is 10.2 Å². The molecule has 0 aromatic rings. The molecule has 0 spiro atoms. The van der Waals surface area contributed by atoms with Gasteiger partial charge in [-0.25, -0.2) is 9.59 Å². The minimum absolute atomic E-state index is 0.103. The van der Waals surface area contributed by atoms with Gasteiger partial charge in [-0.1, -0.05) is 19.8 Å². The summed E-state index contributed by atoms with van der Waals surface area (Å²) in [5.41, 5.74) is 0. The Labute approximate surface area is 119 Å². The predicted molar refractivity (Wildman–Crippen MR) is 73.3 cm³/mol. The lowest BCUT2D eigenvalue weighted by atomic mass is 10.0. The predicted octanol–water partition coefficient (Wildman–Crippen LogP) is 1.18. The molecule has 3 N–H and O–H groups in total. The lowest BCUT2D eigenvalue weighted by molar-refractivity contribution is -0.141. The number of carboxylic acids is 1. The topological polar surface area (TPSA) is 89.9 Å². The van der Waals surface area contributed by atoms with Crippen molar-refractivity contribution in [3.63, 3.8) is 0 Å². The van der Waals surface area contributed by atoms with E-state index in [4.69, 9.17) is 5.11 Å². The summed E-state index contributed by atoms with van der Waals surface area (Å²) in [7, 11) is 0. The normalized spacial score (nSPS) is 34.6. The number of urea groups is 1. The number of carbonyl (C=O) groups excluding carboxylic acids is 1. The summed E-state index contributed by atoms with van der Waals surface area (Å²) < 4.78 is 0. The highest BCUT2D eigenvalue weighted by Crippen LogP contribution is 2.24. The molecule has 1 saturated heterocycles. The number of carboxylic acid groups (broad SMARTS) is 1. The number of aliphatic carboxylic acids is 1. The molecular weight excluding hydrogens is 260 g/mol. The molecule has 1 heterocycles. The molecule has 2 amide bonds. The lowest BCUT2D eigenvalue weighted by Crippen LogP contribution is -2.49. The first-order valence-electron chi connectivity index (χ1n) is 7.45. The fourth-order valence-electron chi connectivity index (χ4n) is 3.16. The van der Waals surface area contributed by atoms with Crippen LogP contribution in [0, 0.1) is 5.92 Å². The number of rotatable bonds is 2. The summed E-state index contributed by atoms with van der Waals surface area (Å²) in [6.45, 7) is 2.33. The average Bonchev–Trinajstić information content (AvgIpc) is 2.67. The smallest absolute Gasteiger partial charge is 0.326 e. The summed E-state index contributed by atoms with van der Waals surface area (Å²) in [5.74, 6) is -0.358. The van der Waals surface area contributed by atoms with Crippen LogP contribution in [0.1, 0.15) is 45.4 Å². The number of hydrogen-bond donors (Lipinski definition) is 3. The maximum atomic E-state index is 12.2. The number of amides is 2. The molecule has 114 valence electrons. The SMILES string of the molecule is CC1CCCC(NC(=O)N2C[C@H](O)C[C@H]2C(=O)O)CC1. The first-order valence-corrected chi connectivity index (χ1v) is 7.45. The zero-order chi connectivity index (χ0) is 14.7. The molecule has 6 heteroatoms. The zero-order valence-corrected chi connectivity index (χ0v) is 11.9. The molecule has 2 rings (SSSR count). The maximum Gasteiger partial charge on any atom is 0.326 e. The molecule has 2 unspecified atom stereocenters. The van der Waals surface area contributed by atoms with Gasteiger partial charge in [0.25, 0.3) is 0 Å². The monoisotopic (exact) mass is 284 g/mol. The van der Waals surface area contributed by atoms with Crippen LogP contribution < -0.4 is 5.32 Å². The van der Waals surface area contributed by atoms with Gasteiger partial charge in [0.15, 0.2) is 0 Å². The van der Waals surface area contributed by atoms with Crippen molar-refractivity contribution in [3.05, 3.63) is 0 Å². The van der Waals surface area contributed by atoms with E-state index in [0.717, 1.165) is 25.7 Å². The highest BCUT2D eigenvalue weighted by Gasteiger charge is 2.39. The fraction of sp³-hybridized carbons (Fsp3) is 0.857. The first-order chi connectivity index (χ1) is 9.47. The van der Waals surface area contributed by atoms with E-state index in [1.165, 1.54) is 11.3 Å². The van der Waals surface area contributed by atoms with Gasteiger partial charge in [0.2, 0.25) is 0 Å². The Morgan fingerprint density at radius 2 is 1.95 bits per heavy atom. The van der Waals surface area contributed by atoms with Gasteiger partial charge in [-0.3, -0.25) is 0 Å². The van der Waals surface area contributed by atoms with Crippen molar-refractivity contribution in [2.45, 2.75) is 63.6 Å². The van der Waals surface area contributed by atoms with Crippen molar-refractivity contribution < 1.29 is 19.8 Å². The van der Waals surface area contributed by atoms with Crippen LogP contribution in [-0.4, -0.2) is 51.8 Å². The van der Waals surface area contributed by atoms with Crippen LogP contribution in [0.25, 0.3) is 0 Å². The number of aliphatic hydroxyl groups is 1. The van der Waals surface area contributed by atoms with E-state index >= 15 is 0 Å². The standard InChI is InChI=1S/C14H24N2O4/c1-9-3-2-4-10(6-5-9)15-14(20)16-8-11(17)7-12(16)13(18)19/h9-12,17H,2-8H2,1H3,(H,15,20)(H,18,19)/t9?,10?,11-,12+/m1/s1. The molecule has 0 bridgehead atoms. The van der Waals surface area contributed by atoms with Crippen LogP contribution in [0.4, 0.5) is 4.79 Å². The van der Waals surface area contributed by atoms with Crippen LogP contribution in [-0.2, 0) is 4.79 Å². The van der Waals surface area contributed by atoms with Gasteiger partial charge < -0.3 is 20.4 Å². The quantitative estimate of drug-likeness (QED) is 0.664. The molecule has 6 nitrogen and oxygen atoms in total. The van der Waals surface area contributed by atoms with E-state index in [-0.39, 0.29) is 25.0 Å². The van der Waals surface area contributed by atoms with Crippen molar-refractivity contribution >= 4 is 12.0 Å². The minimum atomic E-state index is -1.05. The molecule has 20 heavy (non-hydrogen) atoms. The number of carbonyl (C=O) groups is 2. The van der Waals surface area contributed by atoms with Gasteiger partial charge in [-0.05, 0) is 25.2 Å². The van der Waals surface area contributed by atoms with Gasteiger partial charge in [0.05, 0.1) is 6.10 Å². The summed E-state index contributed by atoms with van der Waals surface area (Å²) in [6.07, 6.45) is 4.64. The number of β-amino-alcohol motifs (C(OH)–C–C–N with tert-alkyl or cyclic N) is 1. The second-order valence-electron chi connectivity index (χ2n) is 6.16. The Kier molecular flexibility index (Phi) is 4.86. The minimum Gasteiger partial charge on any atom is -0.480 e. The van der Waals surface area contributed by atoms with E-state index in [1.54, 1.807) is 0 Å². The van der Waals surface area contributed by atoms with Crippen LogP contribution in [0.5, 0.6) is 0 Å².